The van der Waals surface area contributed by atoms with E-state index in [1.165, 1.54) is 11.3 Å². The first-order chi connectivity index (χ1) is 10.6. The minimum absolute atomic E-state index is 0.498. The predicted octanol–water partition coefficient (Wildman–Crippen LogP) is 2.70. The second-order valence-corrected chi connectivity index (χ2v) is 5.77. The molecule has 1 aliphatic rings. The SMILES string of the molecule is CC(=N)C(=C(C)N)c1ccc2c(c1)N(Cc1cnc[nH]1)CC2. The molecule has 22 heavy (non-hydrogen) atoms. The number of aromatic amines is 1. The molecule has 5 heteroatoms. The Morgan fingerprint density at radius 2 is 2.23 bits per heavy atom. The van der Waals surface area contributed by atoms with Gasteiger partial charge in [-0.1, -0.05) is 12.1 Å². The first kappa shape index (κ1) is 14.4. The summed E-state index contributed by atoms with van der Waals surface area (Å²) < 4.78 is 0. The molecule has 0 saturated carbocycles. The maximum absolute atomic E-state index is 7.96. The average Bonchev–Trinajstić information content (AvgIpc) is 3.09. The highest BCUT2D eigenvalue weighted by atomic mass is 15.2. The summed E-state index contributed by atoms with van der Waals surface area (Å²) in [4.78, 5) is 9.57. The van der Waals surface area contributed by atoms with Gasteiger partial charge in [-0.15, -0.1) is 0 Å². The third kappa shape index (κ3) is 2.62. The number of nitrogens with one attached hydrogen (secondary N) is 2. The number of fused-ring (bicyclic) bond motifs is 1. The lowest BCUT2D eigenvalue weighted by Crippen LogP contribution is -2.20. The number of hydrogen-bond acceptors (Lipinski definition) is 4. The molecule has 114 valence electrons. The van der Waals surface area contributed by atoms with E-state index in [0.29, 0.717) is 11.4 Å². The van der Waals surface area contributed by atoms with Crippen molar-refractivity contribution in [1.29, 1.82) is 5.41 Å². The van der Waals surface area contributed by atoms with Crippen LogP contribution in [-0.4, -0.2) is 22.2 Å². The van der Waals surface area contributed by atoms with Crippen LogP contribution in [0.2, 0.25) is 0 Å². The largest absolute Gasteiger partial charge is 0.402 e. The van der Waals surface area contributed by atoms with E-state index >= 15 is 0 Å². The van der Waals surface area contributed by atoms with Gasteiger partial charge < -0.3 is 21.0 Å². The number of allylic oxidation sites excluding steroid dienone is 2. The first-order valence-corrected chi connectivity index (χ1v) is 7.43. The molecule has 0 amide bonds. The van der Waals surface area contributed by atoms with Gasteiger partial charge in [0, 0.05) is 35.4 Å². The van der Waals surface area contributed by atoms with E-state index in [-0.39, 0.29) is 0 Å². The van der Waals surface area contributed by atoms with Crippen LogP contribution < -0.4 is 10.6 Å². The number of H-pyrrole nitrogens is 1. The molecule has 0 unspecified atom stereocenters. The van der Waals surface area contributed by atoms with Crippen LogP contribution in [0.25, 0.3) is 5.57 Å². The van der Waals surface area contributed by atoms with E-state index in [2.05, 4.69) is 33.1 Å². The van der Waals surface area contributed by atoms with Crippen molar-refractivity contribution in [2.24, 2.45) is 5.73 Å². The van der Waals surface area contributed by atoms with Crippen LogP contribution in [0.15, 0.2) is 36.4 Å². The van der Waals surface area contributed by atoms with Gasteiger partial charge in [0.25, 0.3) is 0 Å². The molecule has 3 rings (SSSR count). The highest BCUT2D eigenvalue weighted by Gasteiger charge is 2.21. The summed E-state index contributed by atoms with van der Waals surface area (Å²) in [5, 5.41) is 7.96. The number of aromatic nitrogens is 2. The van der Waals surface area contributed by atoms with Crippen molar-refractivity contribution in [2.45, 2.75) is 26.8 Å². The minimum Gasteiger partial charge on any atom is -0.402 e. The van der Waals surface area contributed by atoms with Crippen molar-refractivity contribution in [3.63, 3.8) is 0 Å². The highest BCUT2D eigenvalue weighted by molar-refractivity contribution is 6.22. The second-order valence-electron chi connectivity index (χ2n) is 5.77. The Hall–Kier alpha value is -2.56. The molecular formula is C17H21N5. The van der Waals surface area contributed by atoms with Crippen molar-refractivity contribution in [2.75, 3.05) is 11.4 Å². The standard InChI is InChI=1S/C17H21N5/c1-11(18)17(12(2)19)14-4-3-13-5-6-22(16(13)7-14)9-15-8-20-10-21-15/h3-4,7-8,10,18H,5-6,9,19H2,1-2H3,(H,20,21). The van der Waals surface area contributed by atoms with Gasteiger partial charge in [0.2, 0.25) is 0 Å². The molecule has 0 radical (unpaired) electrons. The fourth-order valence-electron chi connectivity index (χ4n) is 3.08. The Kier molecular flexibility index (Phi) is 3.71. The third-order valence-electron chi connectivity index (χ3n) is 4.05. The van der Waals surface area contributed by atoms with Crippen LogP contribution in [0.3, 0.4) is 0 Å². The quantitative estimate of drug-likeness (QED) is 0.758. The highest BCUT2D eigenvalue weighted by Crippen LogP contribution is 2.32. The number of imidazole rings is 1. The lowest BCUT2D eigenvalue weighted by Gasteiger charge is -2.20. The number of benzene rings is 1. The van der Waals surface area contributed by atoms with Gasteiger partial charge in [0.15, 0.2) is 0 Å². The Morgan fingerprint density at radius 1 is 1.41 bits per heavy atom. The minimum atomic E-state index is 0.498. The van der Waals surface area contributed by atoms with E-state index in [1.807, 2.05) is 13.1 Å². The van der Waals surface area contributed by atoms with Gasteiger partial charge in [0.1, 0.15) is 0 Å². The number of nitrogens with zero attached hydrogens (tertiary/aromatic N) is 2. The van der Waals surface area contributed by atoms with Gasteiger partial charge in [-0.25, -0.2) is 4.98 Å². The number of rotatable bonds is 4. The van der Waals surface area contributed by atoms with Crippen LogP contribution >= 0.6 is 0 Å². The summed E-state index contributed by atoms with van der Waals surface area (Å²) in [5.74, 6) is 0. The van der Waals surface area contributed by atoms with Gasteiger partial charge in [-0.05, 0) is 37.5 Å². The van der Waals surface area contributed by atoms with Gasteiger partial charge >= 0.3 is 0 Å². The summed E-state index contributed by atoms with van der Waals surface area (Å²) in [6.07, 6.45) is 4.62. The van der Waals surface area contributed by atoms with Crippen LogP contribution in [0.1, 0.15) is 30.7 Å². The Bertz CT molecular complexity index is 724. The van der Waals surface area contributed by atoms with E-state index in [0.717, 1.165) is 36.3 Å². The lowest BCUT2D eigenvalue weighted by molar-refractivity contribution is 0.819. The molecule has 2 aromatic rings. The predicted molar refractivity (Wildman–Crippen MR) is 90.0 cm³/mol. The molecule has 0 atom stereocenters. The van der Waals surface area contributed by atoms with Crippen molar-refractivity contribution in [3.8, 4) is 0 Å². The molecule has 1 aliphatic heterocycles. The molecule has 4 N–H and O–H groups in total. The van der Waals surface area contributed by atoms with E-state index in [9.17, 15) is 0 Å². The average molecular weight is 295 g/mol. The number of nitrogens with two attached hydrogens (primary N) is 1. The summed E-state index contributed by atoms with van der Waals surface area (Å²) in [6.45, 7) is 5.45. The molecule has 0 spiro atoms. The van der Waals surface area contributed by atoms with Gasteiger partial charge in [-0.3, -0.25) is 0 Å². The summed E-state index contributed by atoms with van der Waals surface area (Å²) in [5.41, 5.74) is 12.7. The van der Waals surface area contributed by atoms with E-state index in [1.54, 1.807) is 13.3 Å². The van der Waals surface area contributed by atoms with Crippen molar-refractivity contribution in [3.05, 3.63) is 53.2 Å². The van der Waals surface area contributed by atoms with Gasteiger partial charge in [0.05, 0.1) is 18.6 Å². The van der Waals surface area contributed by atoms with Crippen molar-refractivity contribution < 1.29 is 0 Å². The Morgan fingerprint density at radius 3 is 2.86 bits per heavy atom. The Balaban J connectivity index is 1.96. The van der Waals surface area contributed by atoms with E-state index < -0.39 is 0 Å². The maximum Gasteiger partial charge on any atom is 0.0922 e. The topological polar surface area (TPSA) is 81.8 Å². The van der Waals surface area contributed by atoms with Crippen LogP contribution in [0, 0.1) is 5.41 Å². The van der Waals surface area contributed by atoms with Gasteiger partial charge in [-0.2, -0.15) is 0 Å². The number of anilines is 1. The molecule has 2 heterocycles. The molecule has 1 aromatic carbocycles. The number of hydrogen-bond donors (Lipinski definition) is 3. The summed E-state index contributed by atoms with van der Waals surface area (Å²) in [6, 6.07) is 6.38. The molecule has 1 aromatic heterocycles. The normalized spacial score (nSPS) is 14.7. The van der Waals surface area contributed by atoms with Crippen LogP contribution in [-0.2, 0) is 13.0 Å². The molecular weight excluding hydrogens is 274 g/mol. The zero-order valence-electron chi connectivity index (χ0n) is 13.0. The van der Waals surface area contributed by atoms with Crippen molar-refractivity contribution in [1.82, 2.24) is 9.97 Å². The zero-order chi connectivity index (χ0) is 15.7. The molecule has 0 aliphatic carbocycles. The smallest absolute Gasteiger partial charge is 0.0922 e. The molecule has 5 nitrogen and oxygen atoms in total. The monoisotopic (exact) mass is 295 g/mol. The second kappa shape index (κ2) is 5.67. The van der Waals surface area contributed by atoms with Crippen molar-refractivity contribution >= 4 is 17.0 Å². The zero-order valence-corrected chi connectivity index (χ0v) is 13.0. The summed E-state index contributed by atoms with van der Waals surface area (Å²) >= 11 is 0. The van der Waals surface area contributed by atoms with Crippen LogP contribution in [0.4, 0.5) is 5.69 Å². The lowest BCUT2D eigenvalue weighted by atomic mass is 9.98. The fraction of sp³-hybridized carbons (Fsp3) is 0.294. The molecule has 0 bridgehead atoms. The summed E-state index contributed by atoms with van der Waals surface area (Å²) in [7, 11) is 0. The third-order valence-corrected chi connectivity index (χ3v) is 4.05. The van der Waals surface area contributed by atoms with Crippen LogP contribution in [0.5, 0.6) is 0 Å². The molecule has 0 saturated heterocycles. The fourth-order valence-corrected chi connectivity index (χ4v) is 3.08. The Labute approximate surface area is 130 Å². The first-order valence-electron chi connectivity index (χ1n) is 7.43. The molecule has 0 fully saturated rings. The maximum atomic E-state index is 7.96. The van der Waals surface area contributed by atoms with E-state index in [4.69, 9.17) is 11.1 Å².